The molecule has 1 aliphatic rings. The van der Waals surface area contributed by atoms with Gasteiger partial charge in [-0.25, -0.2) is 0 Å². The van der Waals surface area contributed by atoms with Gasteiger partial charge in [-0.3, -0.25) is 0 Å². The average molecular weight is 185 g/mol. The molecule has 0 unspecified atom stereocenters. The summed E-state index contributed by atoms with van der Waals surface area (Å²) in [6.45, 7) is 2.03. The van der Waals surface area contributed by atoms with Crippen LogP contribution in [0.3, 0.4) is 0 Å². The Hall–Kier alpha value is 0.656. The van der Waals surface area contributed by atoms with E-state index in [0.717, 1.165) is 32.1 Å². The molecule has 0 aromatic carbocycles. The summed E-state index contributed by atoms with van der Waals surface area (Å²) in [5.41, 5.74) is -0.545. The zero-order valence-corrected chi connectivity index (χ0v) is 9.36. The van der Waals surface area contributed by atoms with E-state index in [1.807, 2.05) is 6.92 Å². The second-order valence-electron chi connectivity index (χ2n) is 3.45. The minimum atomic E-state index is -0.545. The Morgan fingerprint density at radius 1 is 1.08 bits per heavy atom. The molecule has 0 aliphatic heterocycles. The van der Waals surface area contributed by atoms with Gasteiger partial charge in [0.2, 0.25) is 0 Å². The van der Waals surface area contributed by atoms with Crippen LogP contribution in [0.4, 0.5) is 0 Å². The predicted molar refractivity (Wildman–Crippen MR) is 46.5 cm³/mol. The van der Waals surface area contributed by atoms with Crippen molar-refractivity contribution in [3.05, 3.63) is 0 Å². The van der Waals surface area contributed by atoms with Crippen LogP contribution in [-0.2, 0) is 0 Å². The molecular weight excluding hydrogens is 167 g/mol. The van der Waals surface area contributed by atoms with E-state index in [1.54, 1.807) is 0 Å². The molecule has 0 N–H and O–H groups in total. The first-order chi connectivity index (χ1) is 4.77. The molecule has 12 heavy (non-hydrogen) atoms. The first kappa shape index (κ1) is 15.1. The molecule has 0 aromatic rings. The molecular formula is C9H17FMgO. The number of hydrogen-bond donors (Lipinski definition) is 0. The third-order valence-corrected chi connectivity index (χ3v) is 2.66. The molecule has 1 aliphatic carbocycles. The van der Waals surface area contributed by atoms with Gasteiger partial charge in [0.05, 0.1) is 0 Å². The molecule has 68 valence electrons. The zero-order chi connectivity index (χ0) is 7.45. The van der Waals surface area contributed by atoms with Crippen LogP contribution in [0.1, 0.15) is 51.9 Å². The quantitative estimate of drug-likeness (QED) is 0.358. The van der Waals surface area contributed by atoms with Gasteiger partial charge >= 0.3 is 23.1 Å². The Kier molecular flexibility index (Phi) is 8.96. The summed E-state index contributed by atoms with van der Waals surface area (Å²) >= 11 is 0. The topological polar surface area (TPSA) is 23.1 Å². The van der Waals surface area contributed by atoms with Crippen molar-refractivity contribution in [1.29, 1.82) is 0 Å². The van der Waals surface area contributed by atoms with Crippen molar-refractivity contribution < 1.29 is 9.81 Å². The van der Waals surface area contributed by atoms with E-state index >= 15 is 0 Å². The standard InChI is InChI=1S/C9H17O.FH.Mg/c1-2-9(10)7-5-3-4-6-8-9;;/h2-8H2,1H3;1H;/q-1;;+2/p-1. The van der Waals surface area contributed by atoms with Crippen LogP contribution in [0, 0.1) is 0 Å². The monoisotopic (exact) mass is 184 g/mol. The van der Waals surface area contributed by atoms with Crippen molar-refractivity contribution >= 4 is 23.1 Å². The summed E-state index contributed by atoms with van der Waals surface area (Å²) in [7, 11) is 0. The molecule has 1 nitrogen and oxygen atoms in total. The number of rotatable bonds is 1. The van der Waals surface area contributed by atoms with E-state index in [4.69, 9.17) is 0 Å². The average Bonchev–Trinajstić information content (AvgIpc) is 2.15. The van der Waals surface area contributed by atoms with Crippen LogP contribution < -0.4 is 9.81 Å². The SMILES string of the molecule is CCC1([O-])CCCCCC1.[F-].[Mg+2]. The van der Waals surface area contributed by atoms with Crippen molar-refractivity contribution in [2.45, 2.75) is 57.5 Å². The largest absolute Gasteiger partial charge is 2.00 e. The molecule has 0 aromatic heterocycles. The van der Waals surface area contributed by atoms with Gasteiger partial charge < -0.3 is 9.81 Å². The molecule has 0 spiro atoms. The first-order valence-corrected chi connectivity index (χ1v) is 4.47. The van der Waals surface area contributed by atoms with Gasteiger partial charge in [-0.15, -0.1) is 5.60 Å². The van der Waals surface area contributed by atoms with Crippen molar-refractivity contribution in [3.63, 3.8) is 0 Å². The molecule has 0 bridgehead atoms. The Morgan fingerprint density at radius 2 is 1.50 bits per heavy atom. The Labute approximate surface area is 90.4 Å². The first-order valence-electron chi connectivity index (χ1n) is 4.47. The van der Waals surface area contributed by atoms with Gasteiger partial charge in [-0.2, -0.15) is 0 Å². The molecule has 3 heteroatoms. The van der Waals surface area contributed by atoms with E-state index < -0.39 is 5.60 Å². The Morgan fingerprint density at radius 3 is 1.83 bits per heavy atom. The molecule has 0 saturated heterocycles. The second-order valence-corrected chi connectivity index (χ2v) is 3.45. The van der Waals surface area contributed by atoms with Crippen molar-refractivity contribution in [3.8, 4) is 0 Å². The van der Waals surface area contributed by atoms with Crippen LogP contribution in [0.2, 0.25) is 0 Å². The smallest absolute Gasteiger partial charge is 1.00 e. The van der Waals surface area contributed by atoms with Gasteiger partial charge in [0, 0.05) is 0 Å². The van der Waals surface area contributed by atoms with Crippen LogP contribution in [0.5, 0.6) is 0 Å². The molecule has 1 fully saturated rings. The molecule has 0 radical (unpaired) electrons. The third kappa shape index (κ3) is 4.63. The van der Waals surface area contributed by atoms with E-state index in [0.29, 0.717) is 0 Å². The minimum Gasteiger partial charge on any atom is -1.00 e. The van der Waals surface area contributed by atoms with Gasteiger partial charge in [-0.1, -0.05) is 51.9 Å². The van der Waals surface area contributed by atoms with E-state index in [-0.39, 0.29) is 27.8 Å². The molecule has 0 heterocycles. The summed E-state index contributed by atoms with van der Waals surface area (Å²) in [5.74, 6) is 0. The van der Waals surface area contributed by atoms with Crippen molar-refractivity contribution in [2.75, 3.05) is 0 Å². The van der Waals surface area contributed by atoms with Crippen LogP contribution >= 0.6 is 0 Å². The van der Waals surface area contributed by atoms with Crippen molar-refractivity contribution in [2.24, 2.45) is 0 Å². The maximum absolute atomic E-state index is 11.7. The fourth-order valence-corrected chi connectivity index (χ4v) is 1.73. The molecule has 0 amide bonds. The Balaban J connectivity index is 0. The van der Waals surface area contributed by atoms with Gasteiger partial charge in [0.15, 0.2) is 0 Å². The summed E-state index contributed by atoms with van der Waals surface area (Å²) in [6, 6.07) is 0. The molecule has 1 rings (SSSR count). The number of halogens is 1. The normalized spacial score (nSPS) is 21.5. The van der Waals surface area contributed by atoms with E-state index in [2.05, 4.69) is 0 Å². The number of hydrogen-bond acceptors (Lipinski definition) is 1. The van der Waals surface area contributed by atoms with Crippen LogP contribution in [-0.4, -0.2) is 28.7 Å². The second kappa shape index (κ2) is 7.10. The maximum atomic E-state index is 11.7. The van der Waals surface area contributed by atoms with E-state index in [1.165, 1.54) is 12.8 Å². The maximum Gasteiger partial charge on any atom is 2.00 e. The van der Waals surface area contributed by atoms with Gasteiger partial charge in [0.1, 0.15) is 0 Å². The molecule has 1 saturated carbocycles. The summed E-state index contributed by atoms with van der Waals surface area (Å²) < 4.78 is 0. The van der Waals surface area contributed by atoms with E-state index in [9.17, 15) is 5.11 Å². The minimum absolute atomic E-state index is 0. The molecule has 0 atom stereocenters. The van der Waals surface area contributed by atoms with Crippen LogP contribution in [0.25, 0.3) is 0 Å². The Bertz CT molecular complexity index is 101. The van der Waals surface area contributed by atoms with Gasteiger partial charge in [0.25, 0.3) is 0 Å². The van der Waals surface area contributed by atoms with Crippen LogP contribution in [0.15, 0.2) is 0 Å². The predicted octanol–water partition coefficient (Wildman–Crippen LogP) is -1.53. The summed E-state index contributed by atoms with van der Waals surface area (Å²) in [4.78, 5) is 0. The van der Waals surface area contributed by atoms with Gasteiger partial charge in [-0.05, 0) is 0 Å². The third-order valence-electron chi connectivity index (χ3n) is 2.66. The summed E-state index contributed by atoms with van der Waals surface area (Å²) in [5, 5.41) is 11.7. The van der Waals surface area contributed by atoms with Crippen molar-refractivity contribution in [1.82, 2.24) is 0 Å². The summed E-state index contributed by atoms with van der Waals surface area (Å²) in [6.07, 6.45) is 7.56. The zero-order valence-electron chi connectivity index (χ0n) is 7.94. The fourth-order valence-electron chi connectivity index (χ4n) is 1.73. The fraction of sp³-hybridized carbons (Fsp3) is 1.00.